The van der Waals surface area contributed by atoms with Gasteiger partial charge in [-0.15, -0.1) is 0 Å². The number of carbonyl (C=O) groups excluding carboxylic acids is 1. The van der Waals surface area contributed by atoms with Gasteiger partial charge in [0.25, 0.3) is 0 Å². The van der Waals surface area contributed by atoms with Gasteiger partial charge in [-0.05, 0) is 17.7 Å². The monoisotopic (exact) mass is 253 g/mol. The molecule has 0 aromatic heterocycles. The predicted molar refractivity (Wildman–Crippen MR) is 73.4 cm³/mol. The number of carbonyl (C=O) groups is 1. The van der Waals surface area contributed by atoms with Crippen molar-refractivity contribution in [2.24, 2.45) is 0 Å². The summed E-state index contributed by atoms with van der Waals surface area (Å²) in [5, 5.41) is 3.23. The van der Waals surface area contributed by atoms with Gasteiger partial charge in [-0.25, -0.2) is 0 Å². The van der Waals surface area contributed by atoms with Gasteiger partial charge in [0.05, 0.1) is 19.2 Å². The molecule has 96 valence electrons. The standard InChI is InChI=1S/C16H15NO2/c1-19-13-9-7-11(8-10-13)14-15(17-14)16(18)12-5-3-2-4-6-12/h2-10,14-15,17H,1H3. The molecule has 0 spiro atoms. The average molecular weight is 253 g/mol. The van der Waals surface area contributed by atoms with E-state index in [0.717, 1.165) is 16.9 Å². The van der Waals surface area contributed by atoms with E-state index >= 15 is 0 Å². The highest BCUT2D eigenvalue weighted by Gasteiger charge is 2.43. The summed E-state index contributed by atoms with van der Waals surface area (Å²) in [6.07, 6.45) is 0. The first-order valence-electron chi connectivity index (χ1n) is 6.29. The second-order valence-corrected chi connectivity index (χ2v) is 4.63. The molecule has 2 aromatic rings. The SMILES string of the molecule is COc1ccc(C2NC2C(=O)c2ccccc2)cc1. The summed E-state index contributed by atoms with van der Waals surface area (Å²) >= 11 is 0. The van der Waals surface area contributed by atoms with Gasteiger partial charge in [-0.1, -0.05) is 42.5 Å². The molecule has 3 rings (SSSR count). The molecule has 3 nitrogen and oxygen atoms in total. The Morgan fingerprint density at radius 1 is 1.05 bits per heavy atom. The minimum atomic E-state index is -0.101. The molecule has 1 fully saturated rings. The van der Waals surface area contributed by atoms with Crippen molar-refractivity contribution in [3.05, 3.63) is 65.7 Å². The third kappa shape index (κ3) is 2.37. The van der Waals surface area contributed by atoms with Crippen molar-refractivity contribution in [1.82, 2.24) is 5.32 Å². The second kappa shape index (κ2) is 4.86. The Morgan fingerprint density at radius 2 is 1.74 bits per heavy atom. The maximum atomic E-state index is 12.2. The van der Waals surface area contributed by atoms with Crippen LogP contribution in [-0.4, -0.2) is 18.9 Å². The first-order chi connectivity index (χ1) is 9.29. The van der Waals surface area contributed by atoms with Crippen LogP contribution in [-0.2, 0) is 0 Å². The minimum Gasteiger partial charge on any atom is -0.497 e. The maximum absolute atomic E-state index is 12.2. The van der Waals surface area contributed by atoms with E-state index in [1.54, 1.807) is 7.11 Å². The molecule has 0 bridgehead atoms. The predicted octanol–water partition coefficient (Wildman–Crippen LogP) is 2.59. The second-order valence-electron chi connectivity index (χ2n) is 4.63. The molecule has 2 aromatic carbocycles. The fourth-order valence-corrected chi connectivity index (χ4v) is 2.25. The molecule has 19 heavy (non-hydrogen) atoms. The molecule has 1 saturated heterocycles. The summed E-state index contributed by atoms with van der Waals surface area (Å²) in [6, 6.07) is 17.2. The lowest BCUT2D eigenvalue weighted by atomic mass is 10.0. The molecule has 0 amide bonds. The van der Waals surface area contributed by atoms with Gasteiger partial charge in [-0.2, -0.15) is 0 Å². The van der Waals surface area contributed by atoms with Crippen LogP contribution in [0.15, 0.2) is 54.6 Å². The smallest absolute Gasteiger partial charge is 0.181 e. The molecule has 1 aliphatic heterocycles. The maximum Gasteiger partial charge on any atom is 0.181 e. The number of methoxy groups -OCH3 is 1. The quantitative estimate of drug-likeness (QED) is 0.673. The molecule has 0 saturated carbocycles. The number of rotatable bonds is 4. The molecule has 1 aliphatic rings. The van der Waals surface area contributed by atoms with Crippen molar-refractivity contribution < 1.29 is 9.53 Å². The molecular formula is C16H15NO2. The Bertz CT molecular complexity index is 577. The number of Topliss-reactive ketones (excluding diaryl/α,β-unsaturated/α-hetero) is 1. The zero-order chi connectivity index (χ0) is 13.2. The lowest BCUT2D eigenvalue weighted by Crippen LogP contribution is -2.09. The van der Waals surface area contributed by atoms with Crippen LogP contribution in [0.2, 0.25) is 0 Å². The topological polar surface area (TPSA) is 48.2 Å². The van der Waals surface area contributed by atoms with Crippen LogP contribution in [0.5, 0.6) is 5.75 Å². The van der Waals surface area contributed by atoms with E-state index < -0.39 is 0 Å². The molecule has 2 unspecified atom stereocenters. The number of benzene rings is 2. The highest BCUT2D eigenvalue weighted by atomic mass is 16.5. The Labute approximate surface area is 112 Å². The Balaban J connectivity index is 1.72. The van der Waals surface area contributed by atoms with Gasteiger partial charge in [0.15, 0.2) is 5.78 Å². The van der Waals surface area contributed by atoms with Crippen LogP contribution in [0.4, 0.5) is 0 Å². The van der Waals surface area contributed by atoms with Crippen molar-refractivity contribution in [3.8, 4) is 5.75 Å². The number of ketones is 1. The molecule has 3 heteroatoms. The highest BCUT2D eigenvalue weighted by molar-refractivity contribution is 6.02. The third-order valence-electron chi connectivity index (χ3n) is 3.40. The Hall–Kier alpha value is -2.13. The lowest BCUT2D eigenvalue weighted by molar-refractivity contribution is 0.0988. The van der Waals surface area contributed by atoms with E-state index in [4.69, 9.17) is 4.74 Å². The Kier molecular flexibility index (Phi) is 3.05. The average Bonchev–Trinajstić information content (AvgIpc) is 3.28. The largest absolute Gasteiger partial charge is 0.497 e. The summed E-state index contributed by atoms with van der Waals surface area (Å²) in [5.41, 5.74) is 1.88. The van der Waals surface area contributed by atoms with Crippen LogP contribution in [0.25, 0.3) is 0 Å². The first kappa shape index (κ1) is 11.9. The van der Waals surface area contributed by atoms with Gasteiger partial charge in [0.2, 0.25) is 0 Å². The van der Waals surface area contributed by atoms with E-state index in [0.29, 0.717) is 0 Å². The molecule has 1 heterocycles. The van der Waals surface area contributed by atoms with Crippen LogP contribution in [0.3, 0.4) is 0 Å². The number of nitrogens with one attached hydrogen (secondary N) is 1. The van der Waals surface area contributed by atoms with E-state index in [1.807, 2.05) is 54.6 Å². The van der Waals surface area contributed by atoms with E-state index in [1.165, 1.54) is 0 Å². The normalized spacial score (nSPS) is 20.9. The number of ether oxygens (including phenoxy) is 1. The summed E-state index contributed by atoms with van der Waals surface area (Å²) in [6.45, 7) is 0. The van der Waals surface area contributed by atoms with Crippen molar-refractivity contribution in [1.29, 1.82) is 0 Å². The molecule has 0 radical (unpaired) electrons. The fourth-order valence-electron chi connectivity index (χ4n) is 2.25. The summed E-state index contributed by atoms with van der Waals surface area (Å²) in [7, 11) is 1.64. The van der Waals surface area contributed by atoms with Crippen LogP contribution in [0.1, 0.15) is 22.0 Å². The number of hydrogen-bond donors (Lipinski definition) is 1. The van der Waals surface area contributed by atoms with Crippen molar-refractivity contribution in [2.75, 3.05) is 7.11 Å². The summed E-state index contributed by atoms with van der Waals surface area (Å²) < 4.78 is 5.13. The summed E-state index contributed by atoms with van der Waals surface area (Å²) in [5.74, 6) is 0.983. The van der Waals surface area contributed by atoms with Crippen molar-refractivity contribution in [2.45, 2.75) is 12.1 Å². The zero-order valence-corrected chi connectivity index (χ0v) is 10.7. The molecular weight excluding hydrogens is 238 g/mol. The van der Waals surface area contributed by atoms with Crippen LogP contribution < -0.4 is 10.1 Å². The van der Waals surface area contributed by atoms with Gasteiger partial charge in [0, 0.05) is 5.56 Å². The van der Waals surface area contributed by atoms with Crippen LogP contribution in [0, 0.1) is 0 Å². The first-order valence-corrected chi connectivity index (χ1v) is 6.29. The number of hydrogen-bond acceptors (Lipinski definition) is 3. The van der Waals surface area contributed by atoms with E-state index in [-0.39, 0.29) is 17.9 Å². The fraction of sp³-hybridized carbons (Fsp3) is 0.188. The summed E-state index contributed by atoms with van der Waals surface area (Å²) in [4.78, 5) is 12.2. The highest BCUT2D eigenvalue weighted by Crippen LogP contribution is 2.32. The van der Waals surface area contributed by atoms with Crippen molar-refractivity contribution >= 4 is 5.78 Å². The van der Waals surface area contributed by atoms with Gasteiger partial charge in [0.1, 0.15) is 5.75 Å². The van der Waals surface area contributed by atoms with E-state index in [9.17, 15) is 4.79 Å². The van der Waals surface area contributed by atoms with Gasteiger partial charge < -0.3 is 4.74 Å². The minimum absolute atomic E-state index is 0.101. The molecule has 0 aliphatic carbocycles. The Morgan fingerprint density at radius 3 is 2.37 bits per heavy atom. The molecule has 2 atom stereocenters. The van der Waals surface area contributed by atoms with Crippen molar-refractivity contribution in [3.63, 3.8) is 0 Å². The van der Waals surface area contributed by atoms with E-state index in [2.05, 4.69) is 5.32 Å². The zero-order valence-electron chi connectivity index (χ0n) is 10.7. The van der Waals surface area contributed by atoms with Crippen LogP contribution >= 0.6 is 0 Å². The third-order valence-corrected chi connectivity index (χ3v) is 3.40. The molecule has 1 N–H and O–H groups in total. The van der Waals surface area contributed by atoms with Gasteiger partial charge in [-0.3, -0.25) is 10.1 Å². The lowest BCUT2D eigenvalue weighted by Gasteiger charge is -2.01. The van der Waals surface area contributed by atoms with Gasteiger partial charge >= 0.3 is 0 Å².